The molecule has 0 radical (unpaired) electrons. The largest absolute Gasteiger partial charge is 0.394 e. The highest BCUT2D eigenvalue weighted by molar-refractivity contribution is 5.76. The molecular formula is C10H18N4O2. The summed E-state index contributed by atoms with van der Waals surface area (Å²) in [5, 5.41) is 19.2. The first-order valence-electron chi connectivity index (χ1n) is 5.37. The van der Waals surface area contributed by atoms with Crippen LogP contribution >= 0.6 is 0 Å². The van der Waals surface area contributed by atoms with Crippen LogP contribution in [0.5, 0.6) is 0 Å². The Hall–Kier alpha value is -1.43. The third kappa shape index (κ3) is 3.98. The molecule has 0 saturated carbocycles. The second-order valence-corrected chi connectivity index (χ2v) is 4.02. The van der Waals surface area contributed by atoms with Gasteiger partial charge in [-0.25, -0.2) is 0 Å². The molecule has 1 aromatic heterocycles. The number of carbonyl (C=O) groups excluding carboxylic acids is 1. The van der Waals surface area contributed by atoms with Crippen LogP contribution < -0.4 is 5.32 Å². The number of aryl methyl sites for hydroxylation is 1. The lowest BCUT2D eigenvalue weighted by Crippen LogP contribution is -2.41. The molecule has 90 valence electrons. The minimum atomic E-state index is -0.178. The zero-order chi connectivity index (χ0) is 12.0. The van der Waals surface area contributed by atoms with E-state index in [-0.39, 0.29) is 24.5 Å². The van der Waals surface area contributed by atoms with Gasteiger partial charge in [0.25, 0.3) is 0 Å². The molecule has 1 aromatic rings. The van der Waals surface area contributed by atoms with E-state index in [0.29, 0.717) is 13.0 Å². The summed E-state index contributed by atoms with van der Waals surface area (Å²) >= 11 is 0. The van der Waals surface area contributed by atoms with Gasteiger partial charge in [0.2, 0.25) is 5.91 Å². The fourth-order valence-electron chi connectivity index (χ4n) is 1.27. The van der Waals surface area contributed by atoms with Crippen LogP contribution in [0.1, 0.15) is 20.3 Å². The van der Waals surface area contributed by atoms with E-state index >= 15 is 0 Å². The van der Waals surface area contributed by atoms with Crippen LogP contribution in [0.2, 0.25) is 0 Å². The van der Waals surface area contributed by atoms with Crippen molar-refractivity contribution in [1.29, 1.82) is 0 Å². The van der Waals surface area contributed by atoms with Gasteiger partial charge in [0.1, 0.15) is 0 Å². The van der Waals surface area contributed by atoms with Crippen molar-refractivity contribution in [1.82, 2.24) is 20.3 Å². The minimum Gasteiger partial charge on any atom is -0.394 e. The van der Waals surface area contributed by atoms with Gasteiger partial charge in [-0.05, 0) is 5.92 Å². The average Bonchev–Trinajstić information content (AvgIpc) is 2.75. The Morgan fingerprint density at radius 2 is 2.31 bits per heavy atom. The highest BCUT2D eigenvalue weighted by atomic mass is 16.3. The predicted molar refractivity (Wildman–Crippen MR) is 58.5 cm³/mol. The van der Waals surface area contributed by atoms with Crippen LogP contribution in [0.3, 0.4) is 0 Å². The normalized spacial score (nSPS) is 12.8. The van der Waals surface area contributed by atoms with Crippen molar-refractivity contribution in [3.8, 4) is 0 Å². The Kier molecular flexibility index (Phi) is 4.91. The number of hydrogen-bond donors (Lipinski definition) is 2. The van der Waals surface area contributed by atoms with Crippen LogP contribution in [0.15, 0.2) is 12.4 Å². The Balaban J connectivity index is 2.30. The summed E-state index contributed by atoms with van der Waals surface area (Å²) in [5.74, 6) is 0.142. The fourth-order valence-corrected chi connectivity index (χ4v) is 1.27. The lowest BCUT2D eigenvalue weighted by atomic mass is 10.1. The Morgan fingerprint density at radius 3 is 2.81 bits per heavy atom. The summed E-state index contributed by atoms with van der Waals surface area (Å²) in [5.41, 5.74) is 0. The number of hydrogen-bond acceptors (Lipinski definition) is 4. The molecule has 1 atom stereocenters. The van der Waals surface area contributed by atoms with E-state index in [0.717, 1.165) is 0 Å². The van der Waals surface area contributed by atoms with Crippen molar-refractivity contribution < 1.29 is 9.90 Å². The molecular weight excluding hydrogens is 208 g/mol. The van der Waals surface area contributed by atoms with Crippen molar-refractivity contribution in [3.05, 3.63) is 12.4 Å². The molecule has 0 aliphatic heterocycles. The monoisotopic (exact) mass is 226 g/mol. The van der Waals surface area contributed by atoms with Crippen LogP contribution in [0.4, 0.5) is 0 Å². The molecule has 0 saturated heterocycles. The van der Waals surface area contributed by atoms with Gasteiger partial charge in [-0.1, -0.05) is 19.1 Å². The molecule has 0 fully saturated rings. The van der Waals surface area contributed by atoms with E-state index in [2.05, 4.69) is 15.6 Å². The average molecular weight is 226 g/mol. The summed E-state index contributed by atoms with van der Waals surface area (Å²) in [6.45, 7) is 4.38. The van der Waals surface area contributed by atoms with Gasteiger partial charge >= 0.3 is 0 Å². The lowest BCUT2D eigenvalue weighted by molar-refractivity contribution is -0.122. The quantitative estimate of drug-likeness (QED) is 0.704. The third-order valence-corrected chi connectivity index (χ3v) is 2.39. The van der Waals surface area contributed by atoms with E-state index in [1.165, 1.54) is 0 Å². The first-order chi connectivity index (χ1) is 7.63. The fraction of sp³-hybridized carbons (Fsp3) is 0.700. The van der Waals surface area contributed by atoms with Crippen molar-refractivity contribution in [2.75, 3.05) is 6.61 Å². The molecule has 0 aliphatic rings. The van der Waals surface area contributed by atoms with E-state index in [4.69, 9.17) is 5.11 Å². The molecule has 16 heavy (non-hydrogen) atoms. The lowest BCUT2D eigenvalue weighted by Gasteiger charge is -2.19. The molecule has 0 aliphatic carbocycles. The van der Waals surface area contributed by atoms with E-state index in [1.54, 1.807) is 17.1 Å². The topological polar surface area (TPSA) is 80.0 Å². The number of nitrogens with one attached hydrogen (secondary N) is 1. The van der Waals surface area contributed by atoms with Crippen LogP contribution in [0.25, 0.3) is 0 Å². The molecule has 6 heteroatoms. The summed E-state index contributed by atoms with van der Waals surface area (Å²) in [6.07, 6.45) is 3.62. The second kappa shape index (κ2) is 6.22. The zero-order valence-corrected chi connectivity index (χ0v) is 9.63. The smallest absolute Gasteiger partial charge is 0.222 e. The first-order valence-corrected chi connectivity index (χ1v) is 5.37. The van der Waals surface area contributed by atoms with E-state index in [1.807, 2.05) is 13.8 Å². The maximum Gasteiger partial charge on any atom is 0.222 e. The van der Waals surface area contributed by atoms with E-state index in [9.17, 15) is 4.79 Å². The molecule has 6 nitrogen and oxygen atoms in total. The van der Waals surface area contributed by atoms with Gasteiger partial charge in [0.15, 0.2) is 0 Å². The molecule has 0 spiro atoms. The summed E-state index contributed by atoms with van der Waals surface area (Å²) in [4.78, 5) is 11.5. The molecule has 1 unspecified atom stereocenters. The Morgan fingerprint density at radius 1 is 1.56 bits per heavy atom. The second-order valence-electron chi connectivity index (χ2n) is 4.02. The number of aliphatic hydroxyl groups is 1. The van der Waals surface area contributed by atoms with Crippen molar-refractivity contribution in [2.45, 2.75) is 32.9 Å². The predicted octanol–water partition coefficient (Wildman–Crippen LogP) is -0.199. The van der Waals surface area contributed by atoms with Gasteiger partial charge < -0.3 is 10.4 Å². The van der Waals surface area contributed by atoms with Crippen LogP contribution in [0, 0.1) is 5.92 Å². The van der Waals surface area contributed by atoms with Gasteiger partial charge in [0, 0.05) is 12.6 Å². The third-order valence-electron chi connectivity index (χ3n) is 2.39. The van der Waals surface area contributed by atoms with Gasteiger partial charge in [-0.15, -0.1) is 5.10 Å². The maximum absolute atomic E-state index is 11.5. The maximum atomic E-state index is 11.5. The minimum absolute atomic E-state index is 0.0350. The molecule has 0 bridgehead atoms. The molecule has 1 amide bonds. The Bertz CT molecular complexity index is 311. The van der Waals surface area contributed by atoms with Gasteiger partial charge in [-0.2, -0.15) is 0 Å². The highest BCUT2D eigenvalue weighted by Gasteiger charge is 2.14. The summed E-state index contributed by atoms with van der Waals surface area (Å²) < 4.78 is 1.60. The van der Waals surface area contributed by atoms with Crippen LogP contribution in [-0.2, 0) is 11.3 Å². The number of amides is 1. The summed E-state index contributed by atoms with van der Waals surface area (Å²) in [6, 6.07) is -0.178. The van der Waals surface area contributed by atoms with Crippen molar-refractivity contribution in [2.24, 2.45) is 5.92 Å². The van der Waals surface area contributed by atoms with E-state index < -0.39 is 0 Å². The van der Waals surface area contributed by atoms with Crippen molar-refractivity contribution in [3.63, 3.8) is 0 Å². The number of aliphatic hydroxyl groups excluding tert-OH is 1. The molecule has 1 heterocycles. The molecule has 0 aromatic carbocycles. The standard InChI is InChI=1S/C10H18N4O2/c1-8(2)9(7-15)12-10(16)3-5-14-6-4-11-13-14/h4,6,8-9,15H,3,5,7H2,1-2H3,(H,12,16). The first kappa shape index (κ1) is 12.6. The Labute approximate surface area is 94.7 Å². The van der Waals surface area contributed by atoms with Crippen molar-refractivity contribution >= 4 is 5.91 Å². The summed E-state index contributed by atoms with van der Waals surface area (Å²) in [7, 11) is 0. The highest BCUT2D eigenvalue weighted by Crippen LogP contribution is 2.00. The molecule has 2 N–H and O–H groups in total. The number of nitrogens with zero attached hydrogens (tertiary/aromatic N) is 3. The molecule has 1 rings (SSSR count). The zero-order valence-electron chi connectivity index (χ0n) is 9.63. The van der Waals surface area contributed by atoms with Gasteiger partial charge in [0.05, 0.1) is 25.4 Å². The SMILES string of the molecule is CC(C)C(CO)NC(=O)CCn1ccnn1. The number of rotatable bonds is 6. The number of aromatic nitrogens is 3. The van der Waals surface area contributed by atoms with Crippen LogP contribution in [-0.4, -0.2) is 38.7 Å². The van der Waals surface area contributed by atoms with Gasteiger partial charge in [-0.3, -0.25) is 9.48 Å². The number of carbonyl (C=O) groups is 1.